The number of phosphoric ester groups is 2. The van der Waals surface area contributed by atoms with Crippen LogP contribution in [0.1, 0.15) is 367 Å². The third kappa shape index (κ3) is 86.1. The summed E-state index contributed by atoms with van der Waals surface area (Å²) in [7, 11) is -9.80. The Balaban J connectivity index is 4.45. The third-order valence-electron chi connectivity index (χ3n) is 18.5. The van der Waals surface area contributed by atoms with E-state index in [0.29, 0.717) is 19.3 Å². The van der Waals surface area contributed by atoms with Crippen molar-refractivity contribution < 1.29 is 75.8 Å². The lowest BCUT2D eigenvalue weighted by Gasteiger charge is -2.21. The van der Waals surface area contributed by atoms with Crippen molar-refractivity contribution in [3.8, 4) is 0 Å². The largest absolute Gasteiger partial charge is 0.472 e. The molecule has 5 atom stereocenters. The minimum absolute atomic E-state index is 0.0856. The van der Waals surface area contributed by atoms with Crippen LogP contribution in [0.3, 0.4) is 0 Å². The number of aliphatic hydroxyl groups is 2. The van der Waals surface area contributed by atoms with E-state index in [1.807, 2.05) is 0 Å². The molecule has 111 heavy (non-hydrogen) atoms. The van der Waals surface area contributed by atoms with Gasteiger partial charge in [-0.2, -0.15) is 0 Å². The zero-order valence-corrected chi connectivity index (χ0v) is 71.9. The van der Waals surface area contributed by atoms with Crippen molar-refractivity contribution in [2.24, 2.45) is 0 Å². The average Bonchev–Trinajstić information content (AvgIpc) is 0.901. The van der Waals surface area contributed by atoms with Gasteiger partial charge in [-0.25, -0.2) is 9.13 Å². The lowest BCUT2D eigenvalue weighted by atomic mass is 10.0. The third-order valence-corrected chi connectivity index (χ3v) is 20.4. The average molecular weight is 1600 g/mol. The van der Waals surface area contributed by atoms with Crippen molar-refractivity contribution in [3.05, 3.63) is 146 Å². The lowest BCUT2D eigenvalue weighted by Crippen LogP contribution is -2.30. The molecule has 638 valence electrons. The van der Waals surface area contributed by atoms with Crippen molar-refractivity contribution >= 4 is 33.6 Å². The van der Waals surface area contributed by atoms with Crippen LogP contribution in [-0.4, -0.2) is 95.9 Å². The van der Waals surface area contributed by atoms with Gasteiger partial charge < -0.3 is 34.2 Å². The number of carbonyl (C=O) groups excluding carboxylic acids is 3. The molecule has 18 heteroatoms. The Morgan fingerprint density at radius 2 is 0.477 bits per heavy atom. The molecule has 0 aromatic heterocycles. The van der Waals surface area contributed by atoms with Gasteiger partial charge in [-0.3, -0.25) is 32.5 Å². The normalized spacial score (nSPS) is 14.5. The molecule has 0 saturated heterocycles. The highest BCUT2D eigenvalue weighted by Gasteiger charge is 2.29. The number of phosphoric acid groups is 2. The second-order valence-electron chi connectivity index (χ2n) is 29.3. The van der Waals surface area contributed by atoms with Crippen molar-refractivity contribution in [3.63, 3.8) is 0 Å². The number of esters is 3. The summed E-state index contributed by atoms with van der Waals surface area (Å²) < 4.78 is 61.3. The van der Waals surface area contributed by atoms with Gasteiger partial charge in [0.05, 0.1) is 26.4 Å². The van der Waals surface area contributed by atoms with E-state index in [1.54, 1.807) is 0 Å². The highest BCUT2D eigenvalue weighted by Crippen LogP contribution is 2.45. The summed E-state index contributed by atoms with van der Waals surface area (Å²) in [6, 6.07) is 0. The van der Waals surface area contributed by atoms with E-state index in [4.69, 9.17) is 32.3 Å². The maximum absolute atomic E-state index is 13.0. The molecule has 0 amide bonds. The molecule has 0 heterocycles. The minimum Gasteiger partial charge on any atom is -0.463 e. The highest BCUT2D eigenvalue weighted by atomic mass is 31.2. The number of aliphatic hydroxyl groups excluding tert-OH is 2. The SMILES string of the molecule is CC/C=C\C/C=C\C/C=C\C/C=C\C/C=C\C/C=C\CCCCCCCCCCCCCCCCCCC(=O)OCC(O)COP(=O)(O)OCC(O)COP(=O)(O)OCC(COC(=O)CCCCCCCCCCC/C=C\C/C=C\C/C=C\C/C=C\CCCCC)OC(=O)CCCCCCC/C=C\C/C=C\CCCCC. The Labute approximate surface area is 677 Å². The van der Waals surface area contributed by atoms with Crippen LogP contribution in [-0.2, 0) is 55.8 Å². The van der Waals surface area contributed by atoms with Gasteiger partial charge in [-0.05, 0) is 148 Å². The van der Waals surface area contributed by atoms with Gasteiger partial charge in [0.2, 0.25) is 0 Å². The Morgan fingerprint density at radius 3 is 0.757 bits per heavy atom. The lowest BCUT2D eigenvalue weighted by molar-refractivity contribution is -0.161. The van der Waals surface area contributed by atoms with Gasteiger partial charge in [0, 0.05) is 19.3 Å². The quantitative estimate of drug-likeness (QED) is 0.0146. The molecule has 16 nitrogen and oxygen atoms in total. The second kappa shape index (κ2) is 84.8. The number of hydrogen-bond acceptors (Lipinski definition) is 14. The number of hydrogen-bond donors (Lipinski definition) is 4. The fourth-order valence-electron chi connectivity index (χ4n) is 11.8. The zero-order valence-electron chi connectivity index (χ0n) is 70.1. The number of carbonyl (C=O) groups is 3. The number of rotatable bonds is 83. The van der Waals surface area contributed by atoms with Crippen molar-refractivity contribution in [2.75, 3.05) is 39.6 Å². The molecule has 0 rings (SSSR count). The molecule has 4 N–H and O–H groups in total. The van der Waals surface area contributed by atoms with E-state index in [0.717, 1.165) is 154 Å². The minimum atomic E-state index is -4.94. The van der Waals surface area contributed by atoms with Crippen molar-refractivity contribution in [2.45, 2.75) is 386 Å². The summed E-state index contributed by atoms with van der Waals surface area (Å²) in [6.07, 6.45) is 106. The van der Waals surface area contributed by atoms with Crippen LogP contribution in [0.4, 0.5) is 0 Å². The monoisotopic (exact) mass is 1600 g/mol. The van der Waals surface area contributed by atoms with Gasteiger partial charge >= 0.3 is 33.6 Å². The van der Waals surface area contributed by atoms with Crippen LogP contribution in [0.25, 0.3) is 0 Å². The van der Waals surface area contributed by atoms with E-state index in [9.17, 15) is 43.5 Å². The Kier molecular flexibility index (Phi) is 81.3. The summed E-state index contributed by atoms with van der Waals surface area (Å²) in [5.74, 6) is -1.59. The van der Waals surface area contributed by atoms with Gasteiger partial charge in [0.15, 0.2) is 6.10 Å². The second-order valence-corrected chi connectivity index (χ2v) is 32.2. The Bertz CT molecular complexity index is 2600. The van der Waals surface area contributed by atoms with E-state index < -0.39 is 91.5 Å². The van der Waals surface area contributed by atoms with E-state index in [1.165, 1.54) is 154 Å². The first kappa shape index (κ1) is 106. The molecular formula is C93H160O16P2. The number of ether oxygens (including phenoxy) is 3. The van der Waals surface area contributed by atoms with Gasteiger partial charge in [0.25, 0.3) is 0 Å². The van der Waals surface area contributed by atoms with Crippen molar-refractivity contribution in [1.82, 2.24) is 0 Å². The molecule has 0 aliphatic heterocycles. The molecule has 5 unspecified atom stereocenters. The predicted octanol–water partition coefficient (Wildman–Crippen LogP) is 26.8. The zero-order chi connectivity index (χ0) is 80.8. The molecule has 0 aliphatic carbocycles. The van der Waals surface area contributed by atoms with Gasteiger partial charge in [-0.15, -0.1) is 0 Å². The van der Waals surface area contributed by atoms with Gasteiger partial charge in [-0.1, -0.05) is 346 Å². The van der Waals surface area contributed by atoms with Crippen LogP contribution in [0.2, 0.25) is 0 Å². The van der Waals surface area contributed by atoms with E-state index in [-0.39, 0.29) is 19.3 Å². The number of unbranched alkanes of at least 4 members (excludes halogenated alkanes) is 36. The van der Waals surface area contributed by atoms with Crippen LogP contribution in [0.5, 0.6) is 0 Å². The van der Waals surface area contributed by atoms with Crippen LogP contribution >= 0.6 is 15.6 Å². The summed E-state index contributed by atoms with van der Waals surface area (Å²) in [4.78, 5) is 58.8. The van der Waals surface area contributed by atoms with Crippen LogP contribution in [0.15, 0.2) is 146 Å². The predicted molar refractivity (Wildman–Crippen MR) is 463 cm³/mol. The first-order valence-corrected chi connectivity index (χ1v) is 47.1. The maximum atomic E-state index is 13.0. The standard InChI is InChI=1S/C93H160O16P2/c1-4-7-10-13-16-19-22-25-28-30-32-34-36-38-39-40-41-42-43-44-45-46-47-49-51-52-54-56-59-61-64-67-70-73-76-79-91(96)103-82-88(94)83-105-110(99,100)106-84-89(95)85-107-111(101,102)108-87-90(109-93(98)81-78-75-72-69-66-63-58-27-24-21-18-15-12-9-6-3)86-104-92(97)80-77-74-71-68-65-62-60-57-55-53-50-48-37-35-33-31-29-26-23-20-17-14-11-8-5-2/h7,10,16-21,25-29,32-35,38-39,41-42,48,50,58,88-90,94-95H,4-6,8-9,11-15,22-24,30-31,36-37,40,43-47,49,51-57,59-87H2,1-3H3,(H,99,100)(H,101,102)/b10-7-,19-16-,20-17-,21-18-,28-25-,29-26-,34-32-,35-33-,39-38-,42-41-,50-48-,58-27-. The molecule has 0 radical (unpaired) electrons. The topological polar surface area (TPSA) is 231 Å². The molecule has 0 bridgehead atoms. The summed E-state index contributed by atoms with van der Waals surface area (Å²) in [6.45, 7) is 2.52. The van der Waals surface area contributed by atoms with Crippen molar-refractivity contribution in [1.29, 1.82) is 0 Å². The summed E-state index contributed by atoms with van der Waals surface area (Å²) >= 11 is 0. The van der Waals surface area contributed by atoms with Crippen LogP contribution < -0.4 is 0 Å². The van der Waals surface area contributed by atoms with E-state index >= 15 is 0 Å². The molecule has 0 saturated carbocycles. The van der Waals surface area contributed by atoms with E-state index in [2.05, 4.69) is 167 Å². The highest BCUT2D eigenvalue weighted by molar-refractivity contribution is 7.47. The van der Waals surface area contributed by atoms with Gasteiger partial charge in [0.1, 0.15) is 25.4 Å². The molecule has 0 spiro atoms. The molecular weight excluding hydrogens is 1430 g/mol. The summed E-state index contributed by atoms with van der Waals surface area (Å²) in [5, 5.41) is 20.7. The Morgan fingerprint density at radius 1 is 0.261 bits per heavy atom. The maximum Gasteiger partial charge on any atom is 0.472 e. The molecule has 0 aromatic rings. The first-order chi connectivity index (χ1) is 54.2. The molecule has 0 aromatic carbocycles. The fourth-order valence-corrected chi connectivity index (χ4v) is 13.4. The fraction of sp³-hybridized carbons (Fsp3) is 0.710. The van der Waals surface area contributed by atoms with Crippen LogP contribution in [0, 0.1) is 0 Å². The number of allylic oxidation sites excluding steroid dienone is 24. The summed E-state index contributed by atoms with van der Waals surface area (Å²) in [5.41, 5.74) is 0. The molecule has 0 fully saturated rings. The molecule has 0 aliphatic rings. The Hall–Kier alpha value is -4.57. The first-order valence-electron chi connectivity index (χ1n) is 44.1. The smallest absolute Gasteiger partial charge is 0.463 e.